The van der Waals surface area contributed by atoms with Crippen molar-refractivity contribution in [2.45, 2.75) is 19.4 Å². The Kier molecular flexibility index (Phi) is 6.21. The van der Waals surface area contributed by atoms with Gasteiger partial charge in [-0.2, -0.15) is 0 Å². The number of rotatable bonds is 6. The summed E-state index contributed by atoms with van der Waals surface area (Å²) in [6, 6.07) is 7.36. The van der Waals surface area contributed by atoms with Crippen molar-refractivity contribution in [3.63, 3.8) is 0 Å². The van der Waals surface area contributed by atoms with Crippen LogP contribution < -0.4 is 4.74 Å². The number of carbonyl (C=O) groups is 1. The van der Waals surface area contributed by atoms with E-state index < -0.39 is 6.10 Å². The van der Waals surface area contributed by atoms with Gasteiger partial charge in [-0.1, -0.05) is 18.2 Å². The molecular formula is C13H15IO3. The van der Waals surface area contributed by atoms with Crippen molar-refractivity contribution in [2.75, 3.05) is 6.61 Å². The van der Waals surface area contributed by atoms with Crippen molar-refractivity contribution in [2.24, 2.45) is 0 Å². The molecule has 0 aromatic heterocycles. The fourth-order valence-corrected chi connectivity index (χ4v) is 1.61. The fourth-order valence-electron chi connectivity index (χ4n) is 1.12. The molecule has 0 radical (unpaired) electrons. The van der Waals surface area contributed by atoms with E-state index in [1.54, 1.807) is 19.1 Å². The molecule has 1 unspecified atom stereocenters. The first-order valence-corrected chi connectivity index (χ1v) is 6.41. The quantitative estimate of drug-likeness (QED) is 0.261. The third-order valence-electron chi connectivity index (χ3n) is 2.07. The summed E-state index contributed by atoms with van der Waals surface area (Å²) in [6.45, 7) is 5.74. The number of benzene rings is 1. The molecule has 4 heteroatoms. The van der Waals surface area contributed by atoms with Crippen LogP contribution in [0.3, 0.4) is 0 Å². The van der Waals surface area contributed by atoms with E-state index in [0.717, 1.165) is 9.99 Å². The number of para-hydroxylation sites is 1. The van der Waals surface area contributed by atoms with Crippen LogP contribution in [0.4, 0.5) is 0 Å². The first-order valence-electron chi connectivity index (χ1n) is 5.34. The summed E-state index contributed by atoms with van der Waals surface area (Å²) < 4.78 is 11.4. The highest BCUT2D eigenvalue weighted by molar-refractivity contribution is 14.1. The van der Waals surface area contributed by atoms with Gasteiger partial charge in [0.15, 0.2) is 6.10 Å². The highest BCUT2D eigenvalue weighted by Crippen LogP contribution is 2.20. The van der Waals surface area contributed by atoms with E-state index in [9.17, 15) is 4.79 Å². The van der Waals surface area contributed by atoms with Gasteiger partial charge in [0.1, 0.15) is 5.75 Å². The highest BCUT2D eigenvalue weighted by Gasteiger charge is 2.16. The zero-order valence-electron chi connectivity index (χ0n) is 9.69. The molecule has 0 bridgehead atoms. The average molecular weight is 346 g/mol. The second-order valence-electron chi connectivity index (χ2n) is 3.44. The van der Waals surface area contributed by atoms with E-state index in [-0.39, 0.29) is 5.97 Å². The maximum atomic E-state index is 11.7. The Hall–Kier alpha value is -0.880. The van der Waals surface area contributed by atoms with Crippen molar-refractivity contribution >= 4 is 28.6 Å². The van der Waals surface area contributed by atoms with Gasteiger partial charge in [-0.25, -0.2) is 4.79 Å². The van der Waals surface area contributed by atoms with E-state index in [2.05, 4.69) is 29.2 Å². The Morgan fingerprint density at radius 2 is 2.24 bits per heavy atom. The SMILES string of the molecule is C=CCCOC(C)C(=O)Oc1ccccc1I. The van der Waals surface area contributed by atoms with Crippen molar-refractivity contribution < 1.29 is 14.3 Å². The van der Waals surface area contributed by atoms with E-state index in [4.69, 9.17) is 9.47 Å². The standard InChI is InChI=1S/C13H15IO3/c1-3-4-9-16-10(2)13(15)17-12-8-6-5-7-11(12)14/h3,5-8,10H,1,4,9H2,2H3. The number of esters is 1. The third-order valence-corrected chi connectivity index (χ3v) is 2.96. The van der Waals surface area contributed by atoms with E-state index in [0.29, 0.717) is 12.4 Å². The molecule has 1 atom stereocenters. The number of carbonyl (C=O) groups excluding carboxylic acids is 1. The molecule has 0 fully saturated rings. The minimum absolute atomic E-state index is 0.377. The number of hydrogen-bond acceptors (Lipinski definition) is 3. The zero-order chi connectivity index (χ0) is 12.7. The lowest BCUT2D eigenvalue weighted by molar-refractivity contribution is -0.146. The van der Waals surface area contributed by atoms with Gasteiger partial charge in [0, 0.05) is 0 Å². The molecular weight excluding hydrogens is 331 g/mol. The molecule has 0 N–H and O–H groups in total. The Balaban J connectivity index is 2.48. The molecule has 3 nitrogen and oxygen atoms in total. The summed E-state index contributed by atoms with van der Waals surface area (Å²) in [5.74, 6) is 0.190. The molecule has 0 heterocycles. The summed E-state index contributed by atoms with van der Waals surface area (Å²) in [5.41, 5.74) is 0. The maximum absolute atomic E-state index is 11.7. The number of hydrogen-bond donors (Lipinski definition) is 0. The molecule has 0 aliphatic carbocycles. The van der Waals surface area contributed by atoms with Crippen molar-refractivity contribution in [1.29, 1.82) is 0 Å². The molecule has 92 valence electrons. The van der Waals surface area contributed by atoms with Crippen LogP contribution in [-0.2, 0) is 9.53 Å². The van der Waals surface area contributed by atoms with Crippen LogP contribution in [0.5, 0.6) is 5.75 Å². The second kappa shape index (κ2) is 7.45. The number of ether oxygens (including phenoxy) is 2. The summed E-state index contributed by atoms with van der Waals surface area (Å²) >= 11 is 2.12. The van der Waals surface area contributed by atoms with Gasteiger partial charge in [0.25, 0.3) is 0 Å². The van der Waals surface area contributed by atoms with Crippen molar-refractivity contribution in [3.8, 4) is 5.75 Å². The first-order chi connectivity index (χ1) is 8.15. The molecule has 17 heavy (non-hydrogen) atoms. The van der Waals surface area contributed by atoms with Gasteiger partial charge >= 0.3 is 5.97 Å². The normalized spacial score (nSPS) is 11.9. The second-order valence-corrected chi connectivity index (χ2v) is 4.60. The van der Waals surface area contributed by atoms with Gasteiger partial charge in [-0.3, -0.25) is 0 Å². The molecule has 0 spiro atoms. The Labute approximate surface area is 115 Å². The van der Waals surface area contributed by atoms with Crippen molar-refractivity contribution in [1.82, 2.24) is 0 Å². The average Bonchev–Trinajstić information content (AvgIpc) is 2.32. The van der Waals surface area contributed by atoms with E-state index in [1.165, 1.54) is 0 Å². The van der Waals surface area contributed by atoms with Crippen LogP contribution in [0.15, 0.2) is 36.9 Å². The molecule has 0 saturated heterocycles. The van der Waals surface area contributed by atoms with Crippen LogP contribution in [0, 0.1) is 3.57 Å². The molecule has 0 saturated carbocycles. The summed E-state index contributed by atoms with van der Waals surface area (Å²) in [7, 11) is 0. The van der Waals surface area contributed by atoms with Crippen LogP contribution in [0.25, 0.3) is 0 Å². The number of halogens is 1. The summed E-state index contributed by atoms with van der Waals surface area (Å²) in [5, 5.41) is 0. The fraction of sp³-hybridized carbons (Fsp3) is 0.308. The minimum Gasteiger partial charge on any atom is -0.423 e. The molecule has 0 amide bonds. The highest BCUT2D eigenvalue weighted by atomic mass is 127. The molecule has 1 aromatic rings. The zero-order valence-corrected chi connectivity index (χ0v) is 11.8. The van der Waals surface area contributed by atoms with Gasteiger partial charge in [-0.15, -0.1) is 6.58 Å². The Morgan fingerprint density at radius 1 is 1.53 bits per heavy atom. The predicted molar refractivity (Wildman–Crippen MR) is 75.0 cm³/mol. The lowest BCUT2D eigenvalue weighted by Gasteiger charge is -2.12. The summed E-state index contributed by atoms with van der Waals surface area (Å²) in [4.78, 5) is 11.7. The van der Waals surface area contributed by atoms with Crippen LogP contribution in [0.2, 0.25) is 0 Å². The van der Waals surface area contributed by atoms with E-state index in [1.807, 2.05) is 18.2 Å². The molecule has 0 aliphatic rings. The molecule has 0 aliphatic heterocycles. The lowest BCUT2D eigenvalue weighted by Crippen LogP contribution is -2.26. The van der Waals surface area contributed by atoms with E-state index >= 15 is 0 Å². The van der Waals surface area contributed by atoms with Crippen LogP contribution in [0.1, 0.15) is 13.3 Å². The smallest absolute Gasteiger partial charge is 0.340 e. The maximum Gasteiger partial charge on any atom is 0.340 e. The minimum atomic E-state index is -0.564. The monoisotopic (exact) mass is 346 g/mol. The third kappa shape index (κ3) is 4.87. The molecule has 1 aromatic carbocycles. The topological polar surface area (TPSA) is 35.5 Å². The first kappa shape index (κ1) is 14.2. The van der Waals surface area contributed by atoms with Crippen LogP contribution in [-0.4, -0.2) is 18.7 Å². The van der Waals surface area contributed by atoms with Gasteiger partial charge in [0.05, 0.1) is 10.2 Å². The molecule has 1 rings (SSSR count). The Morgan fingerprint density at radius 3 is 2.88 bits per heavy atom. The summed E-state index contributed by atoms with van der Waals surface area (Å²) in [6.07, 6.45) is 1.91. The Bertz CT molecular complexity index is 390. The van der Waals surface area contributed by atoms with Gasteiger partial charge in [0.2, 0.25) is 0 Å². The van der Waals surface area contributed by atoms with Crippen molar-refractivity contribution in [3.05, 3.63) is 40.5 Å². The van der Waals surface area contributed by atoms with Gasteiger partial charge < -0.3 is 9.47 Å². The lowest BCUT2D eigenvalue weighted by atomic mass is 10.3. The van der Waals surface area contributed by atoms with Crippen LogP contribution >= 0.6 is 22.6 Å². The largest absolute Gasteiger partial charge is 0.423 e. The van der Waals surface area contributed by atoms with Gasteiger partial charge in [-0.05, 0) is 48.1 Å². The predicted octanol–water partition coefficient (Wildman–Crippen LogP) is 3.18.